The fourth-order valence-electron chi connectivity index (χ4n) is 5.36. The molecule has 0 radical (unpaired) electrons. The molecule has 0 saturated heterocycles. The molecule has 40 heavy (non-hydrogen) atoms. The second kappa shape index (κ2) is 10.0. The fraction of sp³-hybridized carbons (Fsp3) is 0.400. The van der Waals surface area contributed by atoms with Gasteiger partial charge in [0, 0.05) is 29.9 Å². The van der Waals surface area contributed by atoms with Gasteiger partial charge in [-0.3, -0.25) is 9.48 Å². The van der Waals surface area contributed by atoms with E-state index in [9.17, 15) is 4.79 Å². The zero-order valence-electron chi connectivity index (χ0n) is 23.6. The molecule has 0 saturated carbocycles. The number of hydrogen-bond donors (Lipinski definition) is 2. The average Bonchev–Trinajstić information content (AvgIpc) is 3.65. The minimum absolute atomic E-state index is 0.000493. The zero-order chi connectivity index (χ0) is 28.0. The second-order valence-corrected chi connectivity index (χ2v) is 11.5. The molecule has 4 aromatic heterocycles. The maximum absolute atomic E-state index is 13.0. The summed E-state index contributed by atoms with van der Waals surface area (Å²) in [6.07, 6.45) is 6.56. The number of imidazole rings is 1. The minimum atomic E-state index is -0.341. The van der Waals surface area contributed by atoms with Crippen molar-refractivity contribution in [1.29, 1.82) is 0 Å². The van der Waals surface area contributed by atoms with Crippen molar-refractivity contribution in [1.82, 2.24) is 40.2 Å². The van der Waals surface area contributed by atoms with Crippen molar-refractivity contribution in [3.05, 3.63) is 65.1 Å². The first kappa shape index (κ1) is 25.9. The summed E-state index contributed by atoms with van der Waals surface area (Å²) in [5, 5.41) is 11.8. The van der Waals surface area contributed by atoms with E-state index in [0.29, 0.717) is 17.3 Å². The van der Waals surface area contributed by atoms with Gasteiger partial charge in [0.15, 0.2) is 17.3 Å². The zero-order valence-corrected chi connectivity index (χ0v) is 23.6. The maximum atomic E-state index is 13.0. The van der Waals surface area contributed by atoms with Gasteiger partial charge in [-0.1, -0.05) is 57.5 Å². The Balaban J connectivity index is 1.31. The van der Waals surface area contributed by atoms with E-state index >= 15 is 0 Å². The highest BCUT2D eigenvalue weighted by Gasteiger charge is 2.27. The van der Waals surface area contributed by atoms with Crippen LogP contribution in [0.25, 0.3) is 33.8 Å². The van der Waals surface area contributed by atoms with Crippen LogP contribution in [-0.4, -0.2) is 40.8 Å². The van der Waals surface area contributed by atoms with Crippen molar-refractivity contribution in [2.45, 2.75) is 71.3 Å². The molecule has 0 fully saturated rings. The smallest absolute Gasteiger partial charge is 0.315 e. The van der Waals surface area contributed by atoms with E-state index < -0.39 is 0 Å². The number of benzene rings is 1. The summed E-state index contributed by atoms with van der Waals surface area (Å²) >= 11 is 0. The Morgan fingerprint density at radius 1 is 1.18 bits per heavy atom. The minimum Gasteiger partial charge on any atom is -0.341 e. The number of H-pyrrole nitrogens is 1. The molecule has 1 aliphatic carbocycles. The third kappa shape index (κ3) is 4.78. The number of carbonyl (C=O) groups excluding carboxylic acids is 1. The molecule has 10 heteroatoms. The normalized spacial score (nSPS) is 15.7. The Bertz CT molecular complexity index is 1700. The lowest BCUT2D eigenvalue weighted by Crippen LogP contribution is -2.29. The first-order valence-electron chi connectivity index (χ1n) is 13.9. The van der Waals surface area contributed by atoms with Crippen molar-refractivity contribution >= 4 is 17.1 Å². The second-order valence-electron chi connectivity index (χ2n) is 11.5. The van der Waals surface area contributed by atoms with Crippen molar-refractivity contribution in [3.63, 3.8) is 0 Å². The molecule has 10 nitrogen and oxygen atoms in total. The quantitative estimate of drug-likeness (QED) is 0.284. The Labute approximate surface area is 232 Å². The predicted octanol–water partition coefficient (Wildman–Crippen LogP) is 5.47. The highest BCUT2D eigenvalue weighted by molar-refractivity contribution is 5.92. The number of rotatable bonds is 5. The van der Waals surface area contributed by atoms with Gasteiger partial charge in [0.1, 0.15) is 5.69 Å². The molecule has 1 aliphatic rings. The van der Waals surface area contributed by atoms with Crippen LogP contribution < -0.4 is 5.32 Å². The van der Waals surface area contributed by atoms with E-state index in [0.717, 1.165) is 65.7 Å². The number of aryl methyl sites for hydroxylation is 3. The number of pyridine rings is 1. The molecular formula is C30H34N8O2. The molecule has 0 bridgehead atoms. The monoisotopic (exact) mass is 538 g/mol. The Morgan fingerprint density at radius 3 is 2.77 bits per heavy atom. The van der Waals surface area contributed by atoms with E-state index in [2.05, 4.69) is 61.7 Å². The highest BCUT2D eigenvalue weighted by atomic mass is 16.5. The van der Waals surface area contributed by atoms with E-state index in [1.54, 1.807) is 6.20 Å². The van der Waals surface area contributed by atoms with E-state index in [1.165, 1.54) is 5.56 Å². The van der Waals surface area contributed by atoms with Crippen LogP contribution in [0, 0.1) is 0 Å². The van der Waals surface area contributed by atoms with Crippen molar-refractivity contribution < 1.29 is 9.32 Å². The van der Waals surface area contributed by atoms with Crippen LogP contribution in [0.4, 0.5) is 0 Å². The number of amides is 1. The third-order valence-corrected chi connectivity index (χ3v) is 7.59. The van der Waals surface area contributed by atoms with Gasteiger partial charge in [0.2, 0.25) is 0 Å². The Morgan fingerprint density at radius 2 is 2.02 bits per heavy atom. The first-order chi connectivity index (χ1) is 19.2. The summed E-state index contributed by atoms with van der Waals surface area (Å²) in [7, 11) is 1.95. The van der Waals surface area contributed by atoms with Gasteiger partial charge in [-0.15, -0.1) is 0 Å². The summed E-state index contributed by atoms with van der Waals surface area (Å²) < 4.78 is 7.17. The summed E-state index contributed by atoms with van der Waals surface area (Å²) in [5.41, 5.74) is 7.65. The molecule has 1 amide bonds. The third-order valence-electron chi connectivity index (χ3n) is 7.59. The first-order valence-corrected chi connectivity index (χ1v) is 13.9. The SMILES string of the molecule is CCc1cc(-c2nc3nccc(-c4ccc5c(c4)CCCC[C@@H]5NC(=O)c4nc(C(C)(C)C)no4)c3[nH]2)nn1C. The summed E-state index contributed by atoms with van der Waals surface area (Å²) in [6, 6.07) is 10.4. The van der Waals surface area contributed by atoms with Crippen LogP contribution in [0.5, 0.6) is 0 Å². The van der Waals surface area contributed by atoms with Gasteiger partial charge >= 0.3 is 11.8 Å². The fourth-order valence-corrected chi connectivity index (χ4v) is 5.36. The molecule has 0 unspecified atom stereocenters. The van der Waals surface area contributed by atoms with Gasteiger partial charge in [-0.25, -0.2) is 9.97 Å². The summed E-state index contributed by atoms with van der Waals surface area (Å²) in [6.45, 7) is 8.07. The van der Waals surface area contributed by atoms with E-state index in [1.807, 2.05) is 38.6 Å². The molecule has 5 aromatic rings. The molecule has 4 heterocycles. The van der Waals surface area contributed by atoms with Crippen molar-refractivity contribution in [2.24, 2.45) is 7.05 Å². The van der Waals surface area contributed by atoms with Gasteiger partial charge in [0.05, 0.1) is 11.6 Å². The predicted molar refractivity (Wildman–Crippen MR) is 152 cm³/mol. The van der Waals surface area contributed by atoms with Crippen LogP contribution in [0.1, 0.15) is 86.3 Å². The number of fused-ring (bicyclic) bond motifs is 2. The van der Waals surface area contributed by atoms with Crippen molar-refractivity contribution in [3.8, 4) is 22.6 Å². The molecule has 1 atom stereocenters. The molecule has 0 spiro atoms. The van der Waals surface area contributed by atoms with Crippen LogP contribution in [0.3, 0.4) is 0 Å². The van der Waals surface area contributed by atoms with Crippen molar-refractivity contribution in [2.75, 3.05) is 0 Å². The molecule has 206 valence electrons. The van der Waals surface area contributed by atoms with Gasteiger partial charge < -0.3 is 14.8 Å². The Hall–Kier alpha value is -4.34. The number of carbonyl (C=O) groups is 1. The molecule has 6 rings (SSSR count). The summed E-state index contributed by atoms with van der Waals surface area (Å²) in [4.78, 5) is 30.1. The van der Waals surface area contributed by atoms with Gasteiger partial charge in [-0.2, -0.15) is 10.1 Å². The van der Waals surface area contributed by atoms with Crippen LogP contribution in [0.2, 0.25) is 0 Å². The lowest BCUT2D eigenvalue weighted by atomic mass is 9.94. The Kier molecular flexibility index (Phi) is 6.48. The van der Waals surface area contributed by atoms with Crippen LogP contribution in [-0.2, 0) is 25.3 Å². The lowest BCUT2D eigenvalue weighted by Gasteiger charge is -2.19. The van der Waals surface area contributed by atoms with E-state index in [-0.39, 0.29) is 23.3 Å². The number of nitrogens with one attached hydrogen (secondary N) is 2. The molecular weight excluding hydrogens is 504 g/mol. The highest BCUT2D eigenvalue weighted by Crippen LogP contribution is 2.35. The van der Waals surface area contributed by atoms with Gasteiger partial charge in [0.25, 0.3) is 0 Å². The standard InChI is InChI=1S/C30H34N8O2/c1-6-19-16-23(36-38(19)5)25-33-24-21(13-14-31-26(24)34-25)18-11-12-20-17(15-18)9-7-8-10-22(20)32-27(39)28-35-29(37-40-28)30(2,3)4/h11-16,22H,6-10H2,1-5H3,(H,32,39)(H,31,33,34)/t22-/m0/s1. The van der Waals surface area contributed by atoms with Crippen LogP contribution >= 0.6 is 0 Å². The number of nitrogens with zero attached hydrogens (tertiary/aromatic N) is 6. The molecule has 1 aromatic carbocycles. The number of aromatic amines is 1. The van der Waals surface area contributed by atoms with Gasteiger partial charge in [-0.05, 0) is 54.5 Å². The molecule has 2 N–H and O–H groups in total. The number of hydrogen-bond acceptors (Lipinski definition) is 7. The largest absolute Gasteiger partial charge is 0.341 e. The topological polar surface area (TPSA) is 127 Å². The number of aromatic nitrogens is 7. The lowest BCUT2D eigenvalue weighted by molar-refractivity contribution is 0.0890. The average molecular weight is 539 g/mol. The molecule has 0 aliphatic heterocycles. The van der Waals surface area contributed by atoms with E-state index in [4.69, 9.17) is 9.51 Å². The maximum Gasteiger partial charge on any atom is 0.315 e. The van der Waals surface area contributed by atoms with Crippen LogP contribution in [0.15, 0.2) is 41.1 Å². The summed E-state index contributed by atoms with van der Waals surface area (Å²) in [5.74, 6) is 0.883.